The van der Waals surface area contributed by atoms with Crippen LogP contribution in [-0.2, 0) is 14.3 Å². The number of ether oxygens (including phenoxy) is 1. The molecule has 0 heterocycles. The van der Waals surface area contributed by atoms with Gasteiger partial charge in [-0.1, -0.05) is 15.9 Å². The maximum Gasteiger partial charge on any atom is 0.375 e. The first-order chi connectivity index (χ1) is 8.45. The van der Waals surface area contributed by atoms with Gasteiger partial charge in [0.05, 0.1) is 18.6 Å². The van der Waals surface area contributed by atoms with E-state index in [1.807, 2.05) is 0 Å². The number of esters is 1. The Bertz CT molecular complexity index is 499. The van der Waals surface area contributed by atoms with Gasteiger partial charge in [-0.25, -0.2) is 9.18 Å². The zero-order valence-corrected chi connectivity index (χ0v) is 11.1. The van der Waals surface area contributed by atoms with Crippen molar-refractivity contribution >= 4 is 33.5 Å². The number of carbonyl (C=O) groups excluding carboxylic acids is 3. The summed E-state index contributed by atoms with van der Waals surface area (Å²) in [5.74, 6) is -3.56. The maximum absolute atomic E-state index is 13.4. The average molecular weight is 317 g/mol. The summed E-state index contributed by atoms with van der Waals surface area (Å²) in [5.41, 5.74) is -0.234. The number of hydrogen-bond donors (Lipinski definition) is 0. The molecule has 0 aliphatic heterocycles. The third-order valence-corrected chi connectivity index (χ3v) is 2.55. The van der Waals surface area contributed by atoms with E-state index >= 15 is 0 Å². The van der Waals surface area contributed by atoms with E-state index in [2.05, 4.69) is 20.7 Å². The molecule has 0 atom stereocenters. The lowest BCUT2D eigenvalue weighted by molar-refractivity contribution is -0.153. The van der Waals surface area contributed by atoms with Crippen LogP contribution in [0.25, 0.3) is 0 Å². The SMILES string of the molecule is CCOC(=O)C(=O)CC(=O)c1cc(Br)ccc1F. The molecule has 1 rings (SSSR count). The molecule has 0 saturated heterocycles. The highest BCUT2D eigenvalue weighted by atomic mass is 79.9. The molecule has 0 fully saturated rings. The molecular formula is C12H10BrFO4. The van der Waals surface area contributed by atoms with Crippen molar-refractivity contribution in [3.05, 3.63) is 34.1 Å². The molecule has 0 saturated carbocycles. The van der Waals surface area contributed by atoms with Crippen molar-refractivity contribution in [3.63, 3.8) is 0 Å². The van der Waals surface area contributed by atoms with Gasteiger partial charge in [-0.2, -0.15) is 0 Å². The molecule has 0 aliphatic carbocycles. The van der Waals surface area contributed by atoms with Crippen LogP contribution < -0.4 is 0 Å². The Morgan fingerprint density at radius 3 is 2.61 bits per heavy atom. The second-order valence-electron chi connectivity index (χ2n) is 3.37. The summed E-state index contributed by atoms with van der Waals surface area (Å²) in [4.78, 5) is 34.0. The minimum atomic E-state index is -1.08. The first-order valence-electron chi connectivity index (χ1n) is 5.14. The Morgan fingerprint density at radius 1 is 1.33 bits per heavy atom. The van der Waals surface area contributed by atoms with Crippen molar-refractivity contribution in [2.75, 3.05) is 6.61 Å². The third-order valence-electron chi connectivity index (χ3n) is 2.05. The zero-order valence-electron chi connectivity index (χ0n) is 9.54. The van der Waals surface area contributed by atoms with E-state index in [9.17, 15) is 18.8 Å². The molecule has 0 bridgehead atoms. The van der Waals surface area contributed by atoms with Crippen molar-refractivity contribution in [2.24, 2.45) is 0 Å². The van der Waals surface area contributed by atoms with Crippen LogP contribution >= 0.6 is 15.9 Å². The number of ketones is 2. The lowest BCUT2D eigenvalue weighted by atomic mass is 10.1. The highest BCUT2D eigenvalue weighted by Gasteiger charge is 2.21. The van der Waals surface area contributed by atoms with Crippen LogP contribution in [0, 0.1) is 5.82 Å². The Kier molecular flexibility index (Phi) is 5.15. The van der Waals surface area contributed by atoms with E-state index in [4.69, 9.17) is 0 Å². The molecule has 0 amide bonds. The molecule has 1 aromatic rings. The van der Waals surface area contributed by atoms with Crippen molar-refractivity contribution in [1.29, 1.82) is 0 Å². The van der Waals surface area contributed by atoms with Crippen LogP contribution in [0.2, 0.25) is 0 Å². The molecule has 0 aliphatic rings. The number of carbonyl (C=O) groups is 3. The molecule has 1 aromatic carbocycles. The molecule has 0 N–H and O–H groups in total. The Morgan fingerprint density at radius 2 is 2.00 bits per heavy atom. The molecule has 4 nitrogen and oxygen atoms in total. The van der Waals surface area contributed by atoms with Gasteiger partial charge in [-0.15, -0.1) is 0 Å². The number of Topliss-reactive ketones (excluding diaryl/α,β-unsaturated/α-hetero) is 2. The summed E-state index contributed by atoms with van der Waals surface area (Å²) in [7, 11) is 0. The van der Waals surface area contributed by atoms with Crippen LogP contribution in [0.4, 0.5) is 4.39 Å². The molecule has 18 heavy (non-hydrogen) atoms. The zero-order chi connectivity index (χ0) is 13.7. The van der Waals surface area contributed by atoms with Gasteiger partial charge in [0.25, 0.3) is 0 Å². The summed E-state index contributed by atoms with van der Waals surface area (Å²) in [6.45, 7) is 1.59. The van der Waals surface area contributed by atoms with Crippen LogP contribution in [0.5, 0.6) is 0 Å². The number of hydrogen-bond acceptors (Lipinski definition) is 4. The summed E-state index contributed by atoms with van der Waals surface area (Å²) in [6, 6.07) is 3.79. The lowest BCUT2D eigenvalue weighted by Gasteiger charge is -2.03. The van der Waals surface area contributed by atoms with Gasteiger partial charge in [0.2, 0.25) is 5.78 Å². The van der Waals surface area contributed by atoms with Crippen molar-refractivity contribution in [3.8, 4) is 0 Å². The van der Waals surface area contributed by atoms with Gasteiger partial charge in [-0.3, -0.25) is 9.59 Å². The highest BCUT2D eigenvalue weighted by molar-refractivity contribution is 9.10. The Hall–Kier alpha value is -1.56. The normalized spacial score (nSPS) is 9.94. The van der Waals surface area contributed by atoms with E-state index in [-0.39, 0.29) is 12.2 Å². The second kappa shape index (κ2) is 6.39. The van der Waals surface area contributed by atoms with Crippen LogP contribution in [-0.4, -0.2) is 24.1 Å². The minimum absolute atomic E-state index is 0.0456. The van der Waals surface area contributed by atoms with Gasteiger partial charge in [-0.05, 0) is 25.1 Å². The Balaban J connectivity index is 2.80. The van der Waals surface area contributed by atoms with E-state index in [1.165, 1.54) is 12.1 Å². The smallest absolute Gasteiger partial charge is 0.375 e. The lowest BCUT2D eigenvalue weighted by Crippen LogP contribution is -2.21. The summed E-state index contributed by atoms with van der Waals surface area (Å²) < 4.78 is 18.3. The van der Waals surface area contributed by atoms with E-state index in [0.29, 0.717) is 4.47 Å². The standard InChI is InChI=1S/C12H10BrFO4/c1-2-18-12(17)11(16)6-10(15)8-5-7(13)3-4-9(8)14/h3-5H,2,6H2,1H3. The average Bonchev–Trinajstić information content (AvgIpc) is 2.32. The molecule has 96 valence electrons. The van der Waals surface area contributed by atoms with Crippen molar-refractivity contribution in [2.45, 2.75) is 13.3 Å². The van der Waals surface area contributed by atoms with E-state index in [1.54, 1.807) is 6.92 Å². The Labute approximate surface area is 111 Å². The van der Waals surface area contributed by atoms with Gasteiger partial charge < -0.3 is 4.74 Å². The number of halogens is 2. The fraction of sp³-hybridized carbons (Fsp3) is 0.250. The first kappa shape index (κ1) is 14.5. The predicted molar refractivity (Wildman–Crippen MR) is 64.7 cm³/mol. The highest BCUT2D eigenvalue weighted by Crippen LogP contribution is 2.17. The minimum Gasteiger partial charge on any atom is -0.460 e. The molecule has 6 heteroatoms. The van der Waals surface area contributed by atoms with E-state index in [0.717, 1.165) is 6.07 Å². The predicted octanol–water partition coefficient (Wildman–Crippen LogP) is 2.29. The van der Waals surface area contributed by atoms with Crippen molar-refractivity contribution < 1.29 is 23.5 Å². The van der Waals surface area contributed by atoms with Crippen LogP contribution in [0.15, 0.2) is 22.7 Å². The molecule has 0 unspecified atom stereocenters. The fourth-order valence-corrected chi connectivity index (χ4v) is 1.60. The largest absolute Gasteiger partial charge is 0.460 e. The van der Waals surface area contributed by atoms with E-state index < -0.39 is 29.8 Å². The molecule has 0 spiro atoms. The topological polar surface area (TPSA) is 60.4 Å². The maximum atomic E-state index is 13.4. The number of rotatable bonds is 5. The summed E-state index contributed by atoms with van der Waals surface area (Å²) >= 11 is 3.09. The van der Waals surface area contributed by atoms with Gasteiger partial charge >= 0.3 is 5.97 Å². The van der Waals surface area contributed by atoms with Crippen molar-refractivity contribution in [1.82, 2.24) is 0 Å². The second-order valence-corrected chi connectivity index (χ2v) is 4.28. The quantitative estimate of drug-likeness (QED) is 0.362. The van der Waals surface area contributed by atoms with Gasteiger partial charge in [0.15, 0.2) is 5.78 Å². The first-order valence-corrected chi connectivity index (χ1v) is 5.93. The summed E-state index contributed by atoms with van der Waals surface area (Å²) in [5, 5.41) is 0. The monoisotopic (exact) mass is 316 g/mol. The van der Waals surface area contributed by atoms with Crippen LogP contribution in [0.3, 0.4) is 0 Å². The van der Waals surface area contributed by atoms with Gasteiger partial charge in [0, 0.05) is 4.47 Å². The van der Waals surface area contributed by atoms with Gasteiger partial charge in [0.1, 0.15) is 5.82 Å². The number of benzene rings is 1. The van der Waals surface area contributed by atoms with Crippen LogP contribution in [0.1, 0.15) is 23.7 Å². The summed E-state index contributed by atoms with van der Waals surface area (Å²) in [6.07, 6.45) is -0.702. The molecule has 0 radical (unpaired) electrons. The fourth-order valence-electron chi connectivity index (χ4n) is 1.24. The third kappa shape index (κ3) is 3.73. The molecule has 0 aromatic heterocycles. The molecular weight excluding hydrogens is 307 g/mol.